The molecule has 0 atom stereocenters. The van der Waals surface area contributed by atoms with E-state index in [9.17, 15) is 14.9 Å². The van der Waals surface area contributed by atoms with Crippen molar-refractivity contribution >= 4 is 28.6 Å². The maximum Gasteiger partial charge on any atom is 0.433 e. The topological polar surface area (TPSA) is 93.8 Å². The first-order valence-corrected chi connectivity index (χ1v) is 6.22. The van der Waals surface area contributed by atoms with Crippen molar-refractivity contribution in [3.8, 4) is 0 Å². The van der Waals surface area contributed by atoms with Crippen molar-refractivity contribution < 1.29 is 14.6 Å². The van der Waals surface area contributed by atoms with Crippen LogP contribution < -0.4 is 5.32 Å². The first-order chi connectivity index (χ1) is 8.63. The molecule has 1 N–H and O–H groups in total. The van der Waals surface area contributed by atoms with Crippen LogP contribution in [0.4, 0.5) is 9.80 Å². The van der Waals surface area contributed by atoms with Crippen molar-refractivity contribution in [1.82, 2.24) is 5.32 Å². The zero-order valence-electron chi connectivity index (χ0n) is 9.79. The summed E-state index contributed by atoms with van der Waals surface area (Å²) in [5.41, 5.74) is 0.521. The molecular weight excluding hydrogens is 258 g/mol. The molecule has 18 heavy (non-hydrogen) atoms. The molecule has 1 aromatic heterocycles. The first-order valence-electron chi connectivity index (χ1n) is 5.34. The molecule has 1 amide bonds. The van der Waals surface area contributed by atoms with Gasteiger partial charge in [-0.2, -0.15) is 0 Å². The number of nitrogens with zero attached hydrogens (tertiary/aromatic N) is 2. The van der Waals surface area contributed by atoms with Crippen LogP contribution >= 0.6 is 11.3 Å². The molecule has 0 aliphatic heterocycles. The third-order valence-electron chi connectivity index (χ3n) is 1.92. The van der Waals surface area contributed by atoms with Gasteiger partial charge in [0.2, 0.25) is 0 Å². The molecule has 0 bridgehead atoms. The number of thiophene rings is 1. The van der Waals surface area contributed by atoms with E-state index < -0.39 is 11.0 Å². The second-order valence-electron chi connectivity index (χ2n) is 3.37. The van der Waals surface area contributed by atoms with Crippen LogP contribution in [0.15, 0.2) is 16.6 Å². The largest absolute Gasteiger partial charge is 0.433 e. The summed E-state index contributed by atoms with van der Waals surface area (Å²) >= 11 is 0.987. The average molecular weight is 271 g/mol. The highest BCUT2D eigenvalue weighted by Gasteiger charge is 2.08. The van der Waals surface area contributed by atoms with Crippen LogP contribution in [-0.2, 0) is 4.84 Å². The van der Waals surface area contributed by atoms with Crippen LogP contribution in [0.3, 0.4) is 0 Å². The van der Waals surface area contributed by atoms with Crippen molar-refractivity contribution in [2.75, 3.05) is 6.54 Å². The lowest BCUT2D eigenvalue weighted by Crippen LogP contribution is -2.23. The summed E-state index contributed by atoms with van der Waals surface area (Å²) in [7, 11) is 0. The Kier molecular flexibility index (Phi) is 5.78. The molecule has 0 saturated carbocycles. The van der Waals surface area contributed by atoms with Gasteiger partial charge in [-0.25, -0.2) is 4.79 Å². The van der Waals surface area contributed by atoms with Gasteiger partial charge in [-0.15, -0.1) is 0 Å². The fourth-order valence-corrected chi connectivity index (χ4v) is 1.71. The third kappa shape index (κ3) is 4.91. The number of carbonyl (C=O) groups is 1. The van der Waals surface area contributed by atoms with E-state index in [1.165, 1.54) is 12.3 Å². The van der Waals surface area contributed by atoms with E-state index in [1.54, 1.807) is 5.38 Å². The number of nitrogens with one attached hydrogen (secondary N) is 1. The van der Waals surface area contributed by atoms with E-state index in [1.807, 2.05) is 6.92 Å². The SMILES string of the molecule is CCCCNC(=O)O/N=C/c1csc([N+](=O)[O-])c1. The summed E-state index contributed by atoms with van der Waals surface area (Å²) in [5.74, 6) is 0. The van der Waals surface area contributed by atoms with Gasteiger partial charge in [-0.05, 0) is 6.42 Å². The molecule has 0 saturated heterocycles. The van der Waals surface area contributed by atoms with Gasteiger partial charge in [0.05, 0.1) is 11.1 Å². The number of oxime groups is 1. The fraction of sp³-hybridized carbons (Fsp3) is 0.400. The lowest BCUT2D eigenvalue weighted by Gasteiger charge is -1.99. The second-order valence-corrected chi connectivity index (χ2v) is 4.26. The number of rotatable bonds is 6. The van der Waals surface area contributed by atoms with Crippen LogP contribution in [0.2, 0.25) is 0 Å². The van der Waals surface area contributed by atoms with Gasteiger partial charge in [-0.3, -0.25) is 15.0 Å². The molecule has 0 unspecified atom stereocenters. The molecule has 0 aliphatic rings. The minimum Gasteiger partial charge on any atom is -0.320 e. The smallest absolute Gasteiger partial charge is 0.320 e. The predicted octanol–water partition coefficient (Wildman–Crippen LogP) is 2.52. The Morgan fingerprint density at radius 3 is 3.11 bits per heavy atom. The fourth-order valence-electron chi connectivity index (χ4n) is 1.04. The van der Waals surface area contributed by atoms with Crippen molar-refractivity contribution in [2.24, 2.45) is 5.16 Å². The predicted molar refractivity (Wildman–Crippen MR) is 68.0 cm³/mol. The minimum atomic E-state index is -0.635. The number of amides is 1. The third-order valence-corrected chi connectivity index (χ3v) is 2.82. The van der Waals surface area contributed by atoms with E-state index in [2.05, 4.69) is 15.3 Å². The maximum atomic E-state index is 11.1. The number of nitro groups is 1. The maximum absolute atomic E-state index is 11.1. The monoisotopic (exact) mass is 271 g/mol. The van der Waals surface area contributed by atoms with Crippen LogP contribution in [0.1, 0.15) is 25.3 Å². The molecule has 98 valence electrons. The van der Waals surface area contributed by atoms with Gasteiger partial charge < -0.3 is 5.32 Å². The summed E-state index contributed by atoms with van der Waals surface area (Å²) in [5, 5.41) is 17.9. The summed E-state index contributed by atoms with van der Waals surface area (Å²) in [6.07, 6.45) is 2.46. The zero-order chi connectivity index (χ0) is 13.4. The van der Waals surface area contributed by atoms with Crippen LogP contribution in [0.5, 0.6) is 0 Å². The lowest BCUT2D eigenvalue weighted by atomic mass is 10.3. The van der Waals surface area contributed by atoms with Crippen LogP contribution in [-0.4, -0.2) is 23.8 Å². The molecule has 1 rings (SSSR count). The minimum absolute atomic E-state index is 0.0175. The highest BCUT2D eigenvalue weighted by Crippen LogP contribution is 2.21. The van der Waals surface area contributed by atoms with Crippen LogP contribution in [0.25, 0.3) is 0 Å². The lowest BCUT2D eigenvalue weighted by molar-refractivity contribution is -0.380. The highest BCUT2D eigenvalue weighted by molar-refractivity contribution is 7.13. The molecular formula is C10H13N3O4S. The van der Waals surface area contributed by atoms with Crippen LogP contribution in [0, 0.1) is 10.1 Å². The number of unbranched alkanes of at least 4 members (excludes halogenated alkanes) is 1. The summed E-state index contributed by atoms with van der Waals surface area (Å²) in [6.45, 7) is 2.55. The van der Waals surface area contributed by atoms with E-state index in [-0.39, 0.29) is 5.00 Å². The number of hydrogen-bond acceptors (Lipinski definition) is 6. The molecule has 0 spiro atoms. The van der Waals surface area contributed by atoms with Gasteiger partial charge in [0, 0.05) is 23.6 Å². The quantitative estimate of drug-likeness (QED) is 0.283. The normalized spacial score (nSPS) is 10.5. The molecule has 8 heteroatoms. The summed E-state index contributed by atoms with van der Waals surface area (Å²) in [4.78, 5) is 25.5. The Bertz CT molecular complexity index is 444. The van der Waals surface area contributed by atoms with Gasteiger partial charge in [0.25, 0.3) is 0 Å². The average Bonchev–Trinajstić information content (AvgIpc) is 2.78. The van der Waals surface area contributed by atoms with Crippen molar-refractivity contribution in [2.45, 2.75) is 19.8 Å². The Morgan fingerprint density at radius 2 is 2.50 bits per heavy atom. The highest BCUT2D eigenvalue weighted by atomic mass is 32.1. The van der Waals surface area contributed by atoms with Gasteiger partial charge in [0.15, 0.2) is 0 Å². The second kappa shape index (κ2) is 7.38. The van der Waals surface area contributed by atoms with Gasteiger partial charge in [-0.1, -0.05) is 29.8 Å². The van der Waals surface area contributed by atoms with E-state index in [0.717, 1.165) is 24.2 Å². The standard InChI is InChI=1S/C10H13N3O4S/c1-2-3-4-11-10(14)17-12-6-8-5-9(13(15)16)18-7-8/h5-7H,2-4H2,1H3,(H,11,14)/b12-6+. The molecule has 0 aromatic carbocycles. The molecule has 0 fully saturated rings. The molecule has 1 heterocycles. The van der Waals surface area contributed by atoms with E-state index >= 15 is 0 Å². The van der Waals surface area contributed by atoms with Gasteiger partial charge in [0.1, 0.15) is 0 Å². The van der Waals surface area contributed by atoms with Crippen molar-refractivity contribution in [3.05, 3.63) is 27.1 Å². The van der Waals surface area contributed by atoms with E-state index in [4.69, 9.17) is 0 Å². The molecule has 0 aliphatic carbocycles. The zero-order valence-corrected chi connectivity index (χ0v) is 10.6. The van der Waals surface area contributed by atoms with Crippen molar-refractivity contribution in [3.63, 3.8) is 0 Å². The number of hydrogen-bond donors (Lipinski definition) is 1. The van der Waals surface area contributed by atoms with Crippen molar-refractivity contribution in [1.29, 1.82) is 0 Å². The Balaban J connectivity index is 2.35. The molecule has 0 radical (unpaired) electrons. The Hall–Kier alpha value is -1.96. The number of carbonyl (C=O) groups excluding carboxylic acids is 1. The van der Waals surface area contributed by atoms with E-state index in [0.29, 0.717) is 12.1 Å². The summed E-state index contributed by atoms with van der Waals surface area (Å²) < 4.78 is 0. The Morgan fingerprint density at radius 1 is 1.72 bits per heavy atom. The summed E-state index contributed by atoms with van der Waals surface area (Å²) in [6, 6.07) is 1.35. The molecule has 1 aromatic rings. The molecule has 7 nitrogen and oxygen atoms in total. The van der Waals surface area contributed by atoms with Gasteiger partial charge >= 0.3 is 11.1 Å². The Labute approximate surface area is 108 Å². The first kappa shape index (κ1) is 14.1.